The molecular formula is C23H24N4O4. The number of likely N-dealkylation sites (tertiary alicyclic amines) is 1. The smallest absolute Gasteiger partial charge is 0.294 e. The van der Waals surface area contributed by atoms with Gasteiger partial charge in [0.1, 0.15) is 22.7 Å². The van der Waals surface area contributed by atoms with Crippen LogP contribution in [0.25, 0.3) is 22.1 Å². The Kier molecular flexibility index (Phi) is 5.09. The van der Waals surface area contributed by atoms with Gasteiger partial charge in [0, 0.05) is 30.7 Å². The minimum absolute atomic E-state index is 0.229. The number of nitrogens with one attached hydrogen (secondary N) is 2. The zero-order valence-electron chi connectivity index (χ0n) is 17.2. The van der Waals surface area contributed by atoms with Gasteiger partial charge in [0.05, 0.1) is 19.8 Å². The number of aliphatic hydroxyl groups excluding tert-OH is 1. The van der Waals surface area contributed by atoms with Crippen LogP contribution in [-0.2, 0) is 13.1 Å². The van der Waals surface area contributed by atoms with Gasteiger partial charge in [-0.1, -0.05) is 12.1 Å². The number of benzene rings is 2. The molecule has 0 spiro atoms. The molecule has 1 saturated heterocycles. The van der Waals surface area contributed by atoms with Gasteiger partial charge in [-0.15, -0.1) is 0 Å². The Morgan fingerprint density at radius 2 is 2.13 bits per heavy atom. The van der Waals surface area contributed by atoms with E-state index in [1.165, 1.54) is 0 Å². The van der Waals surface area contributed by atoms with Gasteiger partial charge in [0.15, 0.2) is 0 Å². The van der Waals surface area contributed by atoms with Gasteiger partial charge in [0.2, 0.25) is 5.58 Å². The molecule has 1 atom stereocenters. The number of nitrogens with zero attached hydrogens (tertiary/aromatic N) is 2. The minimum atomic E-state index is -0.315. The molecule has 3 heterocycles. The van der Waals surface area contributed by atoms with Gasteiger partial charge >= 0.3 is 0 Å². The average Bonchev–Trinajstić information content (AvgIpc) is 3.36. The summed E-state index contributed by atoms with van der Waals surface area (Å²) in [5, 5.41) is 13.9. The number of aliphatic hydroxyl groups is 1. The van der Waals surface area contributed by atoms with Gasteiger partial charge in [-0.05, 0) is 42.3 Å². The van der Waals surface area contributed by atoms with E-state index in [0.29, 0.717) is 36.6 Å². The number of fused-ring (bicyclic) bond motifs is 3. The summed E-state index contributed by atoms with van der Waals surface area (Å²) in [6.07, 6.45) is 0.425. The number of hydrogen-bond donors (Lipinski definition) is 3. The molecule has 1 fully saturated rings. The molecule has 0 radical (unpaired) electrons. The fourth-order valence-electron chi connectivity index (χ4n) is 4.00. The van der Waals surface area contributed by atoms with Crippen LogP contribution in [-0.4, -0.2) is 46.3 Å². The summed E-state index contributed by atoms with van der Waals surface area (Å²) in [6, 6.07) is 13.6. The van der Waals surface area contributed by atoms with E-state index in [1.54, 1.807) is 7.11 Å². The lowest BCUT2D eigenvalue weighted by molar-refractivity contribution is 0.174. The van der Waals surface area contributed by atoms with Crippen LogP contribution in [0.4, 0.5) is 5.69 Å². The van der Waals surface area contributed by atoms with E-state index in [-0.39, 0.29) is 17.2 Å². The number of H-pyrrole nitrogens is 1. The average molecular weight is 420 g/mol. The summed E-state index contributed by atoms with van der Waals surface area (Å²) < 4.78 is 11.0. The SMILES string of the molecule is COc1ccc(CNc2ccc3oc4c(=O)[nH]c(CN5CC[C@H](O)C5)nc4c3c2)cc1. The number of furan rings is 1. The Balaban J connectivity index is 1.42. The maximum Gasteiger partial charge on any atom is 0.294 e. The lowest BCUT2D eigenvalue weighted by Crippen LogP contribution is -2.24. The molecule has 0 bridgehead atoms. The number of aromatic amines is 1. The first-order valence-electron chi connectivity index (χ1n) is 10.3. The van der Waals surface area contributed by atoms with E-state index < -0.39 is 0 Å². The monoisotopic (exact) mass is 420 g/mol. The summed E-state index contributed by atoms with van der Waals surface area (Å²) in [5.41, 5.74) is 3.16. The second-order valence-corrected chi connectivity index (χ2v) is 7.88. The molecule has 0 amide bonds. The third-order valence-corrected chi connectivity index (χ3v) is 5.65. The van der Waals surface area contributed by atoms with Gasteiger partial charge in [-0.2, -0.15) is 0 Å². The van der Waals surface area contributed by atoms with Crippen molar-refractivity contribution in [1.29, 1.82) is 0 Å². The molecule has 2 aromatic heterocycles. The highest BCUT2D eigenvalue weighted by molar-refractivity contribution is 6.03. The van der Waals surface area contributed by atoms with Crippen LogP contribution in [0.15, 0.2) is 51.7 Å². The summed E-state index contributed by atoms with van der Waals surface area (Å²) in [4.78, 5) is 22.1. The van der Waals surface area contributed by atoms with E-state index >= 15 is 0 Å². The number of anilines is 1. The van der Waals surface area contributed by atoms with E-state index in [4.69, 9.17) is 9.15 Å². The Labute approximate surface area is 178 Å². The molecule has 0 aliphatic carbocycles. The van der Waals surface area contributed by atoms with Crippen molar-refractivity contribution < 1.29 is 14.3 Å². The third-order valence-electron chi connectivity index (χ3n) is 5.65. The summed E-state index contributed by atoms with van der Waals surface area (Å²) >= 11 is 0. The second-order valence-electron chi connectivity index (χ2n) is 7.88. The predicted octanol–water partition coefficient (Wildman–Crippen LogP) is 2.86. The van der Waals surface area contributed by atoms with E-state index in [1.807, 2.05) is 42.5 Å². The van der Waals surface area contributed by atoms with Crippen LogP contribution in [0.3, 0.4) is 0 Å². The molecule has 2 aromatic carbocycles. The van der Waals surface area contributed by atoms with Gasteiger partial charge in [0.25, 0.3) is 5.56 Å². The normalized spacial score (nSPS) is 16.9. The quantitative estimate of drug-likeness (QED) is 0.441. The van der Waals surface area contributed by atoms with Crippen molar-refractivity contribution in [1.82, 2.24) is 14.9 Å². The Morgan fingerprint density at radius 3 is 2.87 bits per heavy atom. The number of β-amino-alcohol motifs (C(OH)–C–C–N with tert-alkyl or cyclic N) is 1. The van der Waals surface area contributed by atoms with Gasteiger partial charge < -0.3 is 24.6 Å². The summed E-state index contributed by atoms with van der Waals surface area (Å²) in [5.74, 6) is 1.40. The molecule has 0 unspecified atom stereocenters. The lowest BCUT2D eigenvalue weighted by Gasteiger charge is -2.13. The van der Waals surface area contributed by atoms with Crippen molar-refractivity contribution in [3.63, 3.8) is 0 Å². The van der Waals surface area contributed by atoms with Crippen LogP contribution in [0.5, 0.6) is 5.75 Å². The van der Waals surface area contributed by atoms with Crippen molar-refractivity contribution in [3.05, 3.63) is 64.2 Å². The largest absolute Gasteiger partial charge is 0.497 e. The Morgan fingerprint density at radius 1 is 1.29 bits per heavy atom. The van der Waals surface area contributed by atoms with Crippen molar-refractivity contribution >= 4 is 27.8 Å². The molecule has 31 heavy (non-hydrogen) atoms. The predicted molar refractivity (Wildman–Crippen MR) is 118 cm³/mol. The van der Waals surface area contributed by atoms with E-state index in [0.717, 1.165) is 35.4 Å². The molecule has 8 heteroatoms. The fourth-order valence-corrected chi connectivity index (χ4v) is 4.00. The molecule has 160 valence electrons. The zero-order valence-corrected chi connectivity index (χ0v) is 17.2. The van der Waals surface area contributed by atoms with Crippen LogP contribution >= 0.6 is 0 Å². The van der Waals surface area contributed by atoms with Crippen LogP contribution < -0.4 is 15.6 Å². The topological polar surface area (TPSA) is 104 Å². The second kappa shape index (κ2) is 8.05. The van der Waals surface area contributed by atoms with Crippen LogP contribution in [0.1, 0.15) is 17.8 Å². The Hall–Kier alpha value is -3.36. The summed E-state index contributed by atoms with van der Waals surface area (Å²) in [7, 11) is 1.65. The van der Waals surface area contributed by atoms with Crippen molar-refractivity contribution in [2.75, 3.05) is 25.5 Å². The fraction of sp³-hybridized carbons (Fsp3) is 0.304. The zero-order chi connectivity index (χ0) is 21.4. The molecule has 5 rings (SSSR count). The maximum absolute atomic E-state index is 12.6. The molecule has 8 nitrogen and oxygen atoms in total. The minimum Gasteiger partial charge on any atom is -0.497 e. The molecule has 1 aliphatic rings. The highest BCUT2D eigenvalue weighted by Gasteiger charge is 2.22. The van der Waals surface area contributed by atoms with Crippen LogP contribution in [0.2, 0.25) is 0 Å². The molecular weight excluding hydrogens is 396 g/mol. The van der Waals surface area contributed by atoms with Crippen LogP contribution in [0, 0.1) is 0 Å². The van der Waals surface area contributed by atoms with Gasteiger partial charge in [-0.25, -0.2) is 4.98 Å². The van der Waals surface area contributed by atoms with Crippen molar-refractivity contribution in [3.8, 4) is 5.75 Å². The first-order valence-corrected chi connectivity index (χ1v) is 10.3. The number of aromatic nitrogens is 2. The van der Waals surface area contributed by atoms with Crippen molar-refractivity contribution in [2.45, 2.75) is 25.6 Å². The number of ether oxygens (including phenoxy) is 1. The highest BCUT2D eigenvalue weighted by atomic mass is 16.5. The maximum atomic E-state index is 12.6. The first-order chi connectivity index (χ1) is 15.1. The van der Waals surface area contributed by atoms with Gasteiger partial charge in [-0.3, -0.25) is 9.69 Å². The highest BCUT2D eigenvalue weighted by Crippen LogP contribution is 2.28. The molecule has 1 aliphatic heterocycles. The molecule has 0 saturated carbocycles. The molecule has 4 aromatic rings. The van der Waals surface area contributed by atoms with E-state index in [9.17, 15) is 9.90 Å². The summed E-state index contributed by atoms with van der Waals surface area (Å²) in [6.45, 7) is 2.52. The molecule has 3 N–H and O–H groups in total. The number of methoxy groups -OCH3 is 1. The first kappa shape index (κ1) is 19.6. The van der Waals surface area contributed by atoms with E-state index in [2.05, 4.69) is 20.2 Å². The standard InChI is InChI=1S/C23H24N4O4/c1-30-17-5-2-14(3-6-17)11-24-15-4-7-19-18(10-15)21-22(31-19)23(29)26-20(25-21)13-27-9-8-16(28)12-27/h2-7,10,16,24,28H,8-9,11-13H2,1H3,(H,25,26,29)/t16-/m0/s1. The third kappa shape index (κ3) is 3.99. The number of hydrogen-bond acceptors (Lipinski definition) is 7. The van der Waals surface area contributed by atoms with Crippen molar-refractivity contribution in [2.24, 2.45) is 0 Å². The Bertz CT molecular complexity index is 1280. The lowest BCUT2D eigenvalue weighted by atomic mass is 10.2. The number of rotatable bonds is 6.